The van der Waals surface area contributed by atoms with Crippen LogP contribution in [0.15, 0.2) is 53.3 Å². The molecule has 0 radical (unpaired) electrons. The highest BCUT2D eigenvalue weighted by Gasteiger charge is 2.23. The summed E-state index contributed by atoms with van der Waals surface area (Å²) in [6.45, 7) is 3.27. The number of aromatic nitrogens is 2. The van der Waals surface area contributed by atoms with Gasteiger partial charge in [0, 0.05) is 32.6 Å². The number of morpholine rings is 1. The zero-order valence-electron chi connectivity index (χ0n) is 17.6. The first kappa shape index (κ1) is 22.3. The van der Waals surface area contributed by atoms with Crippen LogP contribution in [0.2, 0.25) is 0 Å². The van der Waals surface area contributed by atoms with Crippen LogP contribution in [0.4, 0.5) is 4.39 Å². The maximum Gasteiger partial charge on any atom is 0.262 e. The topological polar surface area (TPSA) is 79.4 Å². The number of carbonyl (C=O) groups is 1. The van der Waals surface area contributed by atoms with Gasteiger partial charge >= 0.3 is 0 Å². The van der Waals surface area contributed by atoms with Gasteiger partial charge in [0.05, 0.1) is 30.2 Å². The van der Waals surface area contributed by atoms with Crippen LogP contribution in [0.1, 0.15) is 18.0 Å². The summed E-state index contributed by atoms with van der Waals surface area (Å²) in [6.07, 6.45) is 0.120. The van der Waals surface area contributed by atoms with Gasteiger partial charge in [-0.15, -0.1) is 0 Å². The van der Waals surface area contributed by atoms with Crippen molar-refractivity contribution in [3.8, 4) is 0 Å². The maximum atomic E-state index is 13.4. The van der Waals surface area contributed by atoms with Gasteiger partial charge in [0.25, 0.3) is 5.56 Å². The quantitative estimate of drug-likeness (QED) is 0.535. The number of aromatic amines is 1. The number of carbonyl (C=O) groups excluding carboxylic acids is 1. The summed E-state index contributed by atoms with van der Waals surface area (Å²) in [4.78, 5) is 30.6. The number of H-pyrrole nitrogens is 1. The lowest BCUT2D eigenvalue weighted by atomic mass is 10.0. The number of nitrogens with zero attached hydrogens (tertiary/aromatic N) is 2. The number of nitrogens with one attached hydrogen (secondary N) is 2. The minimum absolute atomic E-state index is 0.0883. The molecule has 1 aliphatic rings. The lowest BCUT2D eigenvalue weighted by Crippen LogP contribution is -2.44. The molecule has 3 aromatic rings. The van der Waals surface area contributed by atoms with Gasteiger partial charge < -0.3 is 15.0 Å². The molecule has 0 bridgehead atoms. The highest BCUT2D eigenvalue weighted by atomic mass is 32.1. The molecule has 4 rings (SSSR count). The second kappa shape index (κ2) is 10.2. The number of rotatable bonds is 7. The van der Waals surface area contributed by atoms with Crippen molar-refractivity contribution in [3.63, 3.8) is 0 Å². The van der Waals surface area contributed by atoms with Gasteiger partial charge in [-0.2, -0.15) is 0 Å². The summed E-state index contributed by atoms with van der Waals surface area (Å²) in [7, 11) is 0. The minimum Gasteiger partial charge on any atom is -0.379 e. The van der Waals surface area contributed by atoms with E-state index in [1.807, 2.05) is 6.07 Å². The standard InChI is InChI=1S/C23H25FN4O3S/c24-17-7-5-16(6-8-17)20(27-11-13-31-14-12-27)15-25-21(29)9-10-28-22(30)18-3-1-2-4-19(18)26-23(28)32/h1-8,20H,9-15H2,(H,25,29)(H,26,32). The summed E-state index contributed by atoms with van der Waals surface area (Å²) in [5.74, 6) is -0.476. The number of benzene rings is 2. The van der Waals surface area contributed by atoms with Crippen molar-refractivity contribution in [2.45, 2.75) is 19.0 Å². The van der Waals surface area contributed by atoms with Gasteiger partial charge in [0.2, 0.25) is 5.91 Å². The zero-order valence-corrected chi connectivity index (χ0v) is 18.4. The highest BCUT2D eigenvalue weighted by molar-refractivity contribution is 7.71. The molecule has 0 saturated carbocycles. The van der Waals surface area contributed by atoms with Gasteiger partial charge in [-0.3, -0.25) is 19.1 Å². The predicted octanol–water partition coefficient (Wildman–Crippen LogP) is 2.78. The number of hydrogen-bond acceptors (Lipinski definition) is 5. The lowest BCUT2D eigenvalue weighted by Gasteiger charge is -2.35. The van der Waals surface area contributed by atoms with Crippen LogP contribution in [-0.2, 0) is 16.1 Å². The summed E-state index contributed by atoms with van der Waals surface area (Å²) in [5, 5.41) is 3.50. The van der Waals surface area contributed by atoms with Crippen molar-refractivity contribution in [1.29, 1.82) is 0 Å². The molecule has 0 aliphatic carbocycles. The van der Waals surface area contributed by atoms with E-state index in [0.717, 1.165) is 18.7 Å². The van der Waals surface area contributed by atoms with E-state index in [4.69, 9.17) is 17.0 Å². The van der Waals surface area contributed by atoms with Gasteiger partial charge in [0.15, 0.2) is 4.77 Å². The molecule has 1 unspecified atom stereocenters. The van der Waals surface area contributed by atoms with Gasteiger partial charge in [-0.25, -0.2) is 4.39 Å². The van der Waals surface area contributed by atoms with Crippen LogP contribution in [0.25, 0.3) is 10.9 Å². The average Bonchev–Trinajstić information content (AvgIpc) is 2.81. The molecule has 7 nitrogen and oxygen atoms in total. The van der Waals surface area contributed by atoms with E-state index in [2.05, 4.69) is 15.2 Å². The Morgan fingerprint density at radius 2 is 1.88 bits per heavy atom. The number of para-hydroxylation sites is 1. The SMILES string of the molecule is O=C(CCn1c(=S)[nH]c2ccccc2c1=O)NCC(c1ccc(F)cc1)N1CCOCC1. The Morgan fingerprint density at radius 3 is 2.62 bits per heavy atom. The van der Waals surface area contributed by atoms with Crippen molar-refractivity contribution >= 4 is 29.0 Å². The van der Waals surface area contributed by atoms with Gasteiger partial charge in [-0.05, 0) is 42.0 Å². The molecule has 1 aliphatic heterocycles. The molecule has 168 valence electrons. The van der Waals surface area contributed by atoms with Gasteiger partial charge in [-0.1, -0.05) is 24.3 Å². The number of ether oxygens (including phenoxy) is 1. The summed E-state index contributed by atoms with van der Waals surface area (Å²) in [5.41, 5.74) is 1.40. The maximum absolute atomic E-state index is 13.4. The zero-order chi connectivity index (χ0) is 22.5. The fraction of sp³-hybridized carbons (Fsp3) is 0.348. The molecule has 9 heteroatoms. The smallest absolute Gasteiger partial charge is 0.262 e. The van der Waals surface area contributed by atoms with Gasteiger partial charge in [0.1, 0.15) is 5.82 Å². The number of amides is 1. The van der Waals surface area contributed by atoms with E-state index in [9.17, 15) is 14.0 Å². The van der Waals surface area contributed by atoms with E-state index in [-0.39, 0.29) is 36.3 Å². The number of halogens is 1. The van der Waals surface area contributed by atoms with Crippen LogP contribution in [-0.4, -0.2) is 53.2 Å². The first-order valence-corrected chi connectivity index (χ1v) is 11.0. The van der Waals surface area contributed by atoms with Crippen molar-refractivity contribution in [1.82, 2.24) is 19.8 Å². The van der Waals surface area contributed by atoms with Crippen molar-refractivity contribution in [2.24, 2.45) is 0 Å². The Morgan fingerprint density at radius 1 is 1.16 bits per heavy atom. The fourth-order valence-corrected chi connectivity index (χ4v) is 4.23. The molecule has 2 heterocycles. The van der Waals surface area contributed by atoms with E-state index >= 15 is 0 Å². The Bertz CT molecular complexity index is 1200. The Labute approximate surface area is 189 Å². The molecule has 1 fully saturated rings. The third kappa shape index (κ3) is 5.12. The van der Waals surface area contributed by atoms with Crippen LogP contribution in [0.3, 0.4) is 0 Å². The normalized spacial score (nSPS) is 15.5. The summed E-state index contributed by atoms with van der Waals surface area (Å²) >= 11 is 5.31. The average molecular weight is 457 g/mol. The summed E-state index contributed by atoms with van der Waals surface area (Å²) < 4.78 is 20.5. The lowest BCUT2D eigenvalue weighted by molar-refractivity contribution is -0.121. The second-order valence-electron chi connectivity index (χ2n) is 7.70. The van der Waals surface area contributed by atoms with Crippen molar-refractivity contribution < 1.29 is 13.9 Å². The van der Waals surface area contributed by atoms with Crippen molar-refractivity contribution in [3.05, 3.63) is 75.0 Å². The Kier molecular flexibility index (Phi) is 7.09. The number of hydrogen-bond donors (Lipinski definition) is 2. The molecular weight excluding hydrogens is 431 g/mol. The Hall–Kier alpha value is -2.88. The molecule has 1 amide bonds. The van der Waals surface area contributed by atoms with E-state index in [1.54, 1.807) is 30.3 Å². The van der Waals surface area contributed by atoms with E-state index < -0.39 is 0 Å². The second-order valence-corrected chi connectivity index (χ2v) is 8.09. The van der Waals surface area contributed by atoms with Crippen LogP contribution >= 0.6 is 12.2 Å². The molecule has 32 heavy (non-hydrogen) atoms. The molecular formula is C23H25FN4O3S. The highest BCUT2D eigenvalue weighted by Crippen LogP contribution is 2.21. The molecule has 1 atom stereocenters. The first-order chi connectivity index (χ1) is 15.5. The monoisotopic (exact) mass is 456 g/mol. The fourth-order valence-electron chi connectivity index (χ4n) is 3.95. The third-order valence-electron chi connectivity index (χ3n) is 5.69. The van der Waals surface area contributed by atoms with E-state index in [0.29, 0.717) is 35.4 Å². The molecule has 2 N–H and O–H groups in total. The third-order valence-corrected chi connectivity index (χ3v) is 6.01. The number of fused-ring (bicyclic) bond motifs is 1. The van der Waals surface area contributed by atoms with Crippen LogP contribution in [0.5, 0.6) is 0 Å². The molecule has 2 aromatic carbocycles. The van der Waals surface area contributed by atoms with E-state index in [1.165, 1.54) is 16.7 Å². The molecule has 1 aromatic heterocycles. The molecule has 1 saturated heterocycles. The largest absolute Gasteiger partial charge is 0.379 e. The van der Waals surface area contributed by atoms with Crippen molar-refractivity contribution in [2.75, 3.05) is 32.8 Å². The molecule has 0 spiro atoms. The predicted molar refractivity (Wildman–Crippen MR) is 123 cm³/mol. The Balaban J connectivity index is 1.42. The van der Waals surface area contributed by atoms with Crippen LogP contribution < -0.4 is 10.9 Å². The first-order valence-electron chi connectivity index (χ1n) is 10.6. The minimum atomic E-state index is -0.295. The van der Waals surface area contributed by atoms with Crippen LogP contribution in [0, 0.1) is 10.6 Å². The summed E-state index contributed by atoms with van der Waals surface area (Å²) in [6, 6.07) is 13.4.